The van der Waals surface area contributed by atoms with Crippen LogP contribution in [0, 0.1) is 6.92 Å². The molecule has 3 rings (SSSR count). The molecule has 0 aromatic heterocycles. The standard InChI is InChI=1S/C24H31Cl2N3O2/c1-17-13-18(5-8-23(17)31-12-4-10-28(2)3)15-29-11-9-20(16-29)27-24(30)19-6-7-21(25)22(26)14-19/h5-8,13-14,20H,4,9-12,15-16H2,1-3H3,(H,27,30)/t20-/m0/s1. The third-order valence-corrected chi connectivity index (χ3v) is 6.18. The van der Waals surface area contributed by atoms with Crippen molar-refractivity contribution >= 4 is 29.1 Å². The first-order valence-electron chi connectivity index (χ1n) is 10.7. The molecule has 0 saturated carbocycles. The Bertz CT molecular complexity index is 904. The lowest BCUT2D eigenvalue weighted by Crippen LogP contribution is -2.37. The lowest BCUT2D eigenvalue weighted by atomic mass is 10.1. The van der Waals surface area contributed by atoms with Crippen molar-refractivity contribution in [1.29, 1.82) is 0 Å². The topological polar surface area (TPSA) is 44.8 Å². The van der Waals surface area contributed by atoms with Gasteiger partial charge in [0.15, 0.2) is 0 Å². The number of carbonyl (C=O) groups excluding carboxylic acids is 1. The number of benzene rings is 2. The van der Waals surface area contributed by atoms with Crippen LogP contribution in [0.15, 0.2) is 36.4 Å². The molecule has 0 unspecified atom stereocenters. The number of rotatable bonds is 9. The highest BCUT2D eigenvalue weighted by atomic mass is 35.5. The highest BCUT2D eigenvalue weighted by Gasteiger charge is 2.24. The minimum absolute atomic E-state index is 0.114. The van der Waals surface area contributed by atoms with E-state index < -0.39 is 0 Å². The van der Waals surface area contributed by atoms with Crippen LogP contribution in [0.1, 0.15) is 34.3 Å². The van der Waals surface area contributed by atoms with Crippen LogP contribution in [0.4, 0.5) is 0 Å². The van der Waals surface area contributed by atoms with Crippen LogP contribution < -0.4 is 10.1 Å². The highest BCUT2D eigenvalue weighted by Crippen LogP contribution is 2.24. The van der Waals surface area contributed by atoms with Crippen LogP contribution in [0.25, 0.3) is 0 Å². The van der Waals surface area contributed by atoms with Crippen molar-refractivity contribution in [3.63, 3.8) is 0 Å². The Labute approximate surface area is 195 Å². The summed E-state index contributed by atoms with van der Waals surface area (Å²) < 4.78 is 5.93. The number of halogens is 2. The molecule has 1 fully saturated rings. The van der Waals surface area contributed by atoms with Gasteiger partial charge in [-0.3, -0.25) is 9.69 Å². The summed E-state index contributed by atoms with van der Waals surface area (Å²) in [4.78, 5) is 17.0. The molecule has 0 bridgehead atoms. The van der Waals surface area contributed by atoms with Crippen LogP contribution in [0.2, 0.25) is 10.0 Å². The maximum atomic E-state index is 12.5. The fourth-order valence-corrected chi connectivity index (χ4v) is 4.09. The largest absolute Gasteiger partial charge is 0.493 e. The molecule has 0 aliphatic carbocycles. The molecule has 31 heavy (non-hydrogen) atoms. The number of hydrogen-bond acceptors (Lipinski definition) is 4. The smallest absolute Gasteiger partial charge is 0.251 e. The normalized spacial score (nSPS) is 16.6. The van der Waals surface area contributed by atoms with E-state index in [4.69, 9.17) is 27.9 Å². The van der Waals surface area contributed by atoms with Crippen molar-refractivity contribution in [2.75, 3.05) is 40.3 Å². The number of hydrogen-bond donors (Lipinski definition) is 1. The Kier molecular flexibility index (Phi) is 8.61. The highest BCUT2D eigenvalue weighted by molar-refractivity contribution is 6.42. The molecule has 2 aromatic carbocycles. The molecule has 1 atom stereocenters. The average Bonchev–Trinajstić information content (AvgIpc) is 3.15. The number of aryl methyl sites for hydroxylation is 1. The summed E-state index contributed by atoms with van der Waals surface area (Å²) in [7, 11) is 4.14. The fraction of sp³-hybridized carbons (Fsp3) is 0.458. The van der Waals surface area contributed by atoms with Crippen molar-refractivity contribution in [3.05, 3.63) is 63.1 Å². The summed E-state index contributed by atoms with van der Waals surface area (Å²) in [6.07, 6.45) is 1.94. The molecule has 1 saturated heterocycles. The van der Waals surface area contributed by atoms with Gasteiger partial charge < -0.3 is 15.0 Å². The molecule has 168 valence electrons. The summed E-state index contributed by atoms with van der Waals surface area (Å²) in [5, 5.41) is 3.95. The molecular formula is C24H31Cl2N3O2. The molecule has 1 N–H and O–H groups in total. The summed E-state index contributed by atoms with van der Waals surface area (Å²) >= 11 is 12.0. The molecule has 1 heterocycles. The third kappa shape index (κ3) is 7.11. The molecule has 1 aliphatic rings. The Morgan fingerprint density at radius 1 is 1.19 bits per heavy atom. The Morgan fingerprint density at radius 3 is 2.71 bits per heavy atom. The Hall–Kier alpha value is -1.79. The lowest BCUT2D eigenvalue weighted by molar-refractivity contribution is 0.0937. The molecule has 5 nitrogen and oxygen atoms in total. The minimum Gasteiger partial charge on any atom is -0.493 e. The van der Waals surface area contributed by atoms with E-state index in [1.807, 2.05) is 0 Å². The van der Waals surface area contributed by atoms with Crippen molar-refractivity contribution in [1.82, 2.24) is 15.1 Å². The zero-order valence-electron chi connectivity index (χ0n) is 18.5. The minimum atomic E-state index is -0.114. The van der Waals surface area contributed by atoms with E-state index in [9.17, 15) is 4.79 Å². The summed E-state index contributed by atoms with van der Waals surface area (Å²) in [5.41, 5.74) is 2.95. The number of nitrogens with one attached hydrogen (secondary N) is 1. The van der Waals surface area contributed by atoms with Gasteiger partial charge in [-0.25, -0.2) is 0 Å². The second-order valence-electron chi connectivity index (χ2n) is 8.43. The average molecular weight is 464 g/mol. The maximum absolute atomic E-state index is 12.5. The molecule has 7 heteroatoms. The van der Waals surface area contributed by atoms with Gasteiger partial charge in [0, 0.05) is 37.8 Å². The predicted molar refractivity (Wildman–Crippen MR) is 127 cm³/mol. The predicted octanol–water partition coefficient (Wildman–Crippen LogP) is 4.64. The van der Waals surface area contributed by atoms with E-state index >= 15 is 0 Å². The molecule has 0 spiro atoms. The molecular weight excluding hydrogens is 433 g/mol. The van der Waals surface area contributed by atoms with Crippen LogP contribution in [-0.2, 0) is 6.54 Å². The van der Waals surface area contributed by atoms with Gasteiger partial charge in [-0.2, -0.15) is 0 Å². The van der Waals surface area contributed by atoms with Gasteiger partial charge in [0.1, 0.15) is 5.75 Å². The van der Waals surface area contributed by atoms with Gasteiger partial charge in [0.25, 0.3) is 5.91 Å². The summed E-state index contributed by atoms with van der Waals surface area (Å²) in [6, 6.07) is 11.5. The molecule has 1 aliphatic heterocycles. The monoisotopic (exact) mass is 463 g/mol. The quantitative estimate of drug-likeness (QED) is 0.550. The first kappa shape index (κ1) is 23.9. The number of nitrogens with zero attached hydrogens (tertiary/aromatic N) is 2. The van der Waals surface area contributed by atoms with Gasteiger partial charge in [0.2, 0.25) is 0 Å². The van der Waals surface area contributed by atoms with Gasteiger partial charge in [-0.1, -0.05) is 35.3 Å². The second kappa shape index (κ2) is 11.2. The maximum Gasteiger partial charge on any atom is 0.251 e. The summed E-state index contributed by atoms with van der Waals surface area (Å²) in [6.45, 7) is 6.48. The van der Waals surface area contributed by atoms with Crippen molar-refractivity contribution in [3.8, 4) is 5.75 Å². The number of ether oxygens (including phenoxy) is 1. The van der Waals surface area contributed by atoms with Crippen LogP contribution in [-0.4, -0.2) is 62.1 Å². The Balaban J connectivity index is 1.47. The third-order valence-electron chi connectivity index (χ3n) is 5.44. The SMILES string of the molecule is Cc1cc(CN2CC[C@H](NC(=O)c3ccc(Cl)c(Cl)c3)C2)ccc1OCCCN(C)C. The van der Waals surface area contributed by atoms with E-state index in [1.54, 1.807) is 18.2 Å². The van der Waals surface area contributed by atoms with Gasteiger partial charge in [0.05, 0.1) is 16.7 Å². The zero-order chi connectivity index (χ0) is 22.4. The molecule has 1 amide bonds. The summed E-state index contributed by atoms with van der Waals surface area (Å²) in [5.74, 6) is 0.840. The lowest BCUT2D eigenvalue weighted by Gasteiger charge is -2.18. The fourth-order valence-electron chi connectivity index (χ4n) is 3.79. The van der Waals surface area contributed by atoms with Gasteiger partial charge in [-0.05, 0) is 69.3 Å². The van der Waals surface area contributed by atoms with E-state index in [0.29, 0.717) is 15.6 Å². The van der Waals surface area contributed by atoms with Crippen molar-refractivity contribution in [2.45, 2.75) is 32.4 Å². The van der Waals surface area contributed by atoms with E-state index in [2.05, 4.69) is 54.3 Å². The number of amides is 1. The van der Waals surface area contributed by atoms with Crippen LogP contribution in [0.5, 0.6) is 5.75 Å². The van der Waals surface area contributed by atoms with Crippen molar-refractivity contribution in [2.24, 2.45) is 0 Å². The van der Waals surface area contributed by atoms with E-state index in [1.165, 1.54) is 5.56 Å². The Morgan fingerprint density at radius 2 is 2.00 bits per heavy atom. The second-order valence-corrected chi connectivity index (χ2v) is 9.24. The number of likely N-dealkylation sites (tertiary alicyclic amines) is 1. The molecule has 0 radical (unpaired) electrons. The van der Waals surface area contributed by atoms with Crippen molar-refractivity contribution < 1.29 is 9.53 Å². The first-order chi connectivity index (χ1) is 14.8. The van der Waals surface area contributed by atoms with E-state index in [0.717, 1.165) is 56.9 Å². The molecule has 2 aromatic rings. The zero-order valence-corrected chi connectivity index (χ0v) is 20.0. The van der Waals surface area contributed by atoms with Gasteiger partial charge in [-0.15, -0.1) is 0 Å². The van der Waals surface area contributed by atoms with Gasteiger partial charge >= 0.3 is 0 Å². The van der Waals surface area contributed by atoms with Crippen LogP contribution in [0.3, 0.4) is 0 Å². The first-order valence-corrected chi connectivity index (χ1v) is 11.4. The van der Waals surface area contributed by atoms with E-state index in [-0.39, 0.29) is 11.9 Å². The van der Waals surface area contributed by atoms with Crippen LogP contribution >= 0.6 is 23.2 Å². The number of carbonyl (C=O) groups is 1.